The van der Waals surface area contributed by atoms with Gasteiger partial charge in [0.25, 0.3) is 0 Å². The van der Waals surface area contributed by atoms with Crippen LogP contribution in [0.15, 0.2) is 42.6 Å². The molecule has 114 valence electrons. The molecule has 2 aliphatic rings. The molecule has 3 rings (SSSR count). The predicted octanol–water partition coefficient (Wildman–Crippen LogP) is 3.60. The van der Waals surface area contributed by atoms with Crippen molar-refractivity contribution in [2.45, 2.75) is 44.6 Å². The molecule has 0 spiro atoms. The van der Waals surface area contributed by atoms with Crippen LogP contribution in [0.1, 0.15) is 37.7 Å². The molecule has 2 heteroatoms. The van der Waals surface area contributed by atoms with E-state index >= 15 is 0 Å². The molecular formula is C19H28N2. The lowest BCUT2D eigenvalue weighted by Crippen LogP contribution is -2.34. The second kappa shape index (κ2) is 7.13. The minimum absolute atomic E-state index is 0.809. The van der Waals surface area contributed by atoms with Crippen molar-refractivity contribution in [2.75, 3.05) is 19.6 Å². The van der Waals surface area contributed by atoms with Gasteiger partial charge in [-0.1, -0.05) is 43.3 Å². The maximum absolute atomic E-state index is 4.32. The number of nitrogens with zero attached hydrogens (tertiary/aromatic N) is 1. The van der Waals surface area contributed by atoms with E-state index in [9.17, 15) is 0 Å². The zero-order valence-electron chi connectivity index (χ0n) is 13.1. The summed E-state index contributed by atoms with van der Waals surface area (Å²) in [6.07, 6.45) is 8.00. The molecule has 0 bridgehead atoms. The SMILES string of the molecule is C=C(CNCCCc1ccccc1)N1CCC2CCCC21. The summed E-state index contributed by atoms with van der Waals surface area (Å²) in [5.74, 6) is 0.958. The normalized spacial score (nSPS) is 24.3. The lowest BCUT2D eigenvalue weighted by atomic mass is 10.0. The molecule has 1 saturated carbocycles. The lowest BCUT2D eigenvalue weighted by molar-refractivity contribution is 0.296. The van der Waals surface area contributed by atoms with Crippen LogP contribution in [0, 0.1) is 5.92 Å². The van der Waals surface area contributed by atoms with E-state index in [1.165, 1.54) is 49.9 Å². The minimum Gasteiger partial charge on any atom is -0.371 e. The van der Waals surface area contributed by atoms with Crippen molar-refractivity contribution >= 4 is 0 Å². The molecule has 2 nitrogen and oxygen atoms in total. The van der Waals surface area contributed by atoms with Gasteiger partial charge in [-0.3, -0.25) is 0 Å². The first-order valence-electron chi connectivity index (χ1n) is 8.53. The first kappa shape index (κ1) is 14.6. The van der Waals surface area contributed by atoms with E-state index in [1.54, 1.807) is 0 Å². The molecule has 0 aromatic heterocycles. The van der Waals surface area contributed by atoms with Crippen molar-refractivity contribution in [3.8, 4) is 0 Å². The maximum atomic E-state index is 4.32. The molecule has 21 heavy (non-hydrogen) atoms. The second-order valence-electron chi connectivity index (χ2n) is 6.57. The van der Waals surface area contributed by atoms with Crippen molar-refractivity contribution in [2.24, 2.45) is 5.92 Å². The van der Waals surface area contributed by atoms with Crippen LogP contribution in [-0.2, 0) is 6.42 Å². The predicted molar refractivity (Wildman–Crippen MR) is 89.2 cm³/mol. The number of benzene rings is 1. The van der Waals surface area contributed by atoms with Crippen molar-refractivity contribution in [3.63, 3.8) is 0 Å². The zero-order chi connectivity index (χ0) is 14.5. The Morgan fingerprint density at radius 3 is 2.90 bits per heavy atom. The molecule has 1 aliphatic heterocycles. The molecule has 0 amide bonds. The third-order valence-electron chi connectivity index (χ3n) is 5.16. The van der Waals surface area contributed by atoms with Crippen molar-refractivity contribution < 1.29 is 0 Å². The molecular weight excluding hydrogens is 256 g/mol. The van der Waals surface area contributed by atoms with Gasteiger partial charge in [0.05, 0.1) is 0 Å². The van der Waals surface area contributed by atoms with E-state index in [2.05, 4.69) is 47.1 Å². The number of hydrogen-bond acceptors (Lipinski definition) is 2. The summed E-state index contributed by atoms with van der Waals surface area (Å²) in [7, 11) is 0. The lowest BCUT2D eigenvalue weighted by Gasteiger charge is -2.28. The third-order valence-corrected chi connectivity index (χ3v) is 5.16. The van der Waals surface area contributed by atoms with Gasteiger partial charge in [-0.2, -0.15) is 0 Å². The van der Waals surface area contributed by atoms with E-state index < -0.39 is 0 Å². The van der Waals surface area contributed by atoms with Crippen LogP contribution in [0.5, 0.6) is 0 Å². The van der Waals surface area contributed by atoms with Crippen LogP contribution in [0.2, 0.25) is 0 Å². The molecule has 0 radical (unpaired) electrons. The van der Waals surface area contributed by atoms with Gasteiger partial charge in [0.1, 0.15) is 0 Å². The quantitative estimate of drug-likeness (QED) is 0.770. The molecule has 1 N–H and O–H groups in total. The van der Waals surface area contributed by atoms with Gasteiger partial charge in [0, 0.05) is 24.8 Å². The number of nitrogens with one attached hydrogen (secondary N) is 1. The number of fused-ring (bicyclic) bond motifs is 1. The monoisotopic (exact) mass is 284 g/mol. The topological polar surface area (TPSA) is 15.3 Å². The van der Waals surface area contributed by atoms with Gasteiger partial charge in [0.2, 0.25) is 0 Å². The fraction of sp³-hybridized carbons (Fsp3) is 0.579. The number of hydrogen-bond donors (Lipinski definition) is 1. The Hall–Kier alpha value is -1.28. The first-order valence-corrected chi connectivity index (χ1v) is 8.53. The molecule has 2 atom stereocenters. The number of aryl methyl sites for hydroxylation is 1. The van der Waals surface area contributed by atoms with Crippen LogP contribution in [0.3, 0.4) is 0 Å². The van der Waals surface area contributed by atoms with E-state index in [4.69, 9.17) is 0 Å². The summed E-state index contributed by atoms with van der Waals surface area (Å²) in [5, 5.41) is 3.57. The fourth-order valence-corrected chi connectivity index (χ4v) is 4.02. The van der Waals surface area contributed by atoms with Crippen molar-refractivity contribution in [1.29, 1.82) is 0 Å². The van der Waals surface area contributed by atoms with Gasteiger partial charge < -0.3 is 10.2 Å². The summed E-state index contributed by atoms with van der Waals surface area (Å²) < 4.78 is 0. The Balaban J connectivity index is 1.33. The van der Waals surface area contributed by atoms with Gasteiger partial charge in [0.15, 0.2) is 0 Å². The van der Waals surface area contributed by atoms with Crippen LogP contribution < -0.4 is 5.32 Å². The van der Waals surface area contributed by atoms with Crippen LogP contribution >= 0.6 is 0 Å². The molecule has 1 heterocycles. The molecule has 1 saturated heterocycles. The number of likely N-dealkylation sites (tertiary alicyclic amines) is 1. The van der Waals surface area contributed by atoms with Gasteiger partial charge in [-0.05, 0) is 50.1 Å². The minimum atomic E-state index is 0.809. The Bertz CT molecular complexity index is 454. The Morgan fingerprint density at radius 1 is 1.19 bits per heavy atom. The van der Waals surface area contributed by atoms with Gasteiger partial charge >= 0.3 is 0 Å². The molecule has 2 fully saturated rings. The molecule has 1 aromatic carbocycles. The van der Waals surface area contributed by atoms with Crippen molar-refractivity contribution in [3.05, 3.63) is 48.2 Å². The standard InChI is InChI=1S/C19H28N2/c1-16(21-14-12-18-10-5-11-19(18)21)15-20-13-6-9-17-7-3-2-4-8-17/h2-4,7-8,18-20H,1,5-6,9-15H2. The summed E-state index contributed by atoms with van der Waals surface area (Å²) in [6.45, 7) is 7.59. The van der Waals surface area contributed by atoms with Crippen molar-refractivity contribution in [1.82, 2.24) is 10.2 Å². The first-order chi connectivity index (χ1) is 10.3. The third kappa shape index (κ3) is 3.68. The highest BCUT2D eigenvalue weighted by molar-refractivity contribution is 5.14. The Kier molecular flexibility index (Phi) is 4.97. The average molecular weight is 284 g/mol. The Morgan fingerprint density at radius 2 is 2.05 bits per heavy atom. The number of rotatable bonds is 7. The maximum Gasteiger partial charge on any atom is 0.0350 e. The zero-order valence-corrected chi connectivity index (χ0v) is 13.1. The molecule has 1 aromatic rings. The average Bonchev–Trinajstić information content (AvgIpc) is 3.10. The summed E-state index contributed by atoms with van der Waals surface area (Å²) in [5.41, 5.74) is 2.75. The largest absolute Gasteiger partial charge is 0.371 e. The van der Waals surface area contributed by atoms with Gasteiger partial charge in [-0.15, -0.1) is 0 Å². The van der Waals surface area contributed by atoms with E-state index in [0.29, 0.717) is 0 Å². The Labute approximate surface area is 129 Å². The molecule has 2 unspecified atom stereocenters. The second-order valence-corrected chi connectivity index (χ2v) is 6.57. The molecule has 1 aliphatic carbocycles. The van der Waals surface area contributed by atoms with Crippen LogP contribution in [0.25, 0.3) is 0 Å². The fourth-order valence-electron chi connectivity index (χ4n) is 4.02. The highest BCUT2D eigenvalue weighted by atomic mass is 15.2. The van der Waals surface area contributed by atoms with E-state index in [0.717, 1.165) is 31.5 Å². The smallest absolute Gasteiger partial charge is 0.0350 e. The summed E-state index contributed by atoms with van der Waals surface area (Å²) in [4.78, 5) is 2.59. The highest BCUT2D eigenvalue weighted by Gasteiger charge is 2.37. The van der Waals surface area contributed by atoms with Crippen LogP contribution in [0.4, 0.5) is 0 Å². The summed E-state index contributed by atoms with van der Waals surface area (Å²) >= 11 is 0. The van der Waals surface area contributed by atoms with Crippen LogP contribution in [-0.4, -0.2) is 30.6 Å². The van der Waals surface area contributed by atoms with E-state index in [1.807, 2.05) is 0 Å². The highest BCUT2D eigenvalue weighted by Crippen LogP contribution is 2.39. The summed E-state index contributed by atoms with van der Waals surface area (Å²) in [6, 6.07) is 11.6. The van der Waals surface area contributed by atoms with E-state index in [-0.39, 0.29) is 0 Å². The van der Waals surface area contributed by atoms with Gasteiger partial charge in [-0.25, -0.2) is 0 Å².